The number of aromatic amines is 1. The molecule has 8 nitrogen and oxygen atoms in total. The zero-order valence-electron chi connectivity index (χ0n) is 10.2. The van der Waals surface area contributed by atoms with Crippen molar-refractivity contribution in [3.8, 4) is 0 Å². The van der Waals surface area contributed by atoms with Crippen molar-refractivity contribution in [3.63, 3.8) is 0 Å². The van der Waals surface area contributed by atoms with Crippen LogP contribution in [0.3, 0.4) is 0 Å². The lowest BCUT2D eigenvalue weighted by Crippen LogP contribution is -2.24. The van der Waals surface area contributed by atoms with Gasteiger partial charge in [0.05, 0.1) is 16.5 Å². The number of nitrogens with one attached hydrogen (secondary N) is 2. The minimum absolute atomic E-state index is 0.132. The molecule has 112 valence electrons. The summed E-state index contributed by atoms with van der Waals surface area (Å²) in [5.41, 5.74) is -0.00107. The Bertz CT molecular complexity index is 842. The number of nitro groups is 1. The molecule has 0 aliphatic rings. The Morgan fingerprint density at radius 1 is 1.43 bits per heavy atom. The average molecular weight is 350 g/mol. The SMILES string of the molecule is O=c1[nH]c(CNS(=O)(=O)c2cc([N+](=O)[O-])ccc2Cl)cs1. The van der Waals surface area contributed by atoms with E-state index in [1.165, 1.54) is 5.38 Å². The van der Waals surface area contributed by atoms with Crippen LogP contribution in [-0.2, 0) is 16.6 Å². The first-order valence-corrected chi connectivity index (χ1v) is 8.14. The van der Waals surface area contributed by atoms with Gasteiger partial charge >= 0.3 is 4.87 Å². The van der Waals surface area contributed by atoms with Crippen molar-refractivity contribution < 1.29 is 13.3 Å². The van der Waals surface area contributed by atoms with E-state index in [9.17, 15) is 23.3 Å². The van der Waals surface area contributed by atoms with Crippen molar-refractivity contribution >= 4 is 38.6 Å². The van der Waals surface area contributed by atoms with Crippen molar-refractivity contribution in [2.45, 2.75) is 11.4 Å². The number of benzene rings is 1. The van der Waals surface area contributed by atoms with E-state index in [4.69, 9.17) is 11.6 Å². The molecule has 1 heterocycles. The lowest BCUT2D eigenvalue weighted by molar-refractivity contribution is -0.385. The maximum atomic E-state index is 12.1. The van der Waals surface area contributed by atoms with E-state index >= 15 is 0 Å². The van der Waals surface area contributed by atoms with Crippen LogP contribution in [0, 0.1) is 10.1 Å². The van der Waals surface area contributed by atoms with Crippen LogP contribution >= 0.6 is 22.9 Å². The van der Waals surface area contributed by atoms with Gasteiger partial charge in [0, 0.05) is 23.2 Å². The van der Waals surface area contributed by atoms with E-state index in [0.717, 1.165) is 29.5 Å². The molecule has 11 heteroatoms. The summed E-state index contributed by atoms with van der Waals surface area (Å²) in [6, 6.07) is 3.12. The molecule has 1 aromatic heterocycles. The highest BCUT2D eigenvalue weighted by Gasteiger charge is 2.21. The van der Waals surface area contributed by atoms with Gasteiger partial charge in [-0.3, -0.25) is 14.9 Å². The van der Waals surface area contributed by atoms with Crippen molar-refractivity contribution in [1.29, 1.82) is 0 Å². The molecule has 0 spiro atoms. The summed E-state index contributed by atoms with van der Waals surface area (Å²) >= 11 is 6.67. The highest BCUT2D eigenvalue weighted by molar-refractivity contribution is 7.89. The van der Waals surface area contributed by atoms with E-state index < -0.39 is 19.8 Å². The molecule has 2 N–H and O–H groups in total. The first kappa shape index (κ1) is 15.6. The fraction of sp³-hybridized carbons (Fsp3) is 0.100. The Kier molecular flexibility index (Phi) is 4.42. The van der Waals surface area contributed by atoms with Crippen LogP contribution in [-0.4, -0.2) is 18.3 Å². The van der Waals surface area contributed by atoms with Crippen molar-refractivity contribution in [2.75, 3.05) is 0 Å². The maximum Gasteiger partial charge on any atom is 0.304 e. The van der Waals surface area contributed by atoms with Crippen LogP contribution in [0.2, 0.25) is 5.02 Å². The number of halogens is 1. The predicted molar refractivity (Wildman–Crippen MR) is 77.1 cm³/mol. The van der Waals surface area contributed by atoms with Gasteiger partial charge in [0.25, 0.3) is 5.69 Å². The highest BCUT2D eigenvalue weighted by atomic mass is 35.5. The minimum Gasteiger partial charge on any atom is -0.315 e. The van der Waals surface area contributed by atoms with Gasteiger partial charge in [-0.05, 0) is 6.07 Å². The molecule has 2 rings (SSSR count). The molecule has 21 heavy (non-hydrogen) atoms. The normalized spacial score (nSPS) is 11.5. The van der Waals surface area contributed by atoms with Crippen LogP contribution in [0.25, 0.3) is 0 Å². The number of hydrogen-bond acceptors (Lipinski definition) is 6. The largest absolute Gasteiger partial charge is 0.315 e. The van der Waals surface area contributed by atoms with E-state index in [0.29, 0.717) is 5.69 Å². The quantitative estimate of drug-likeness (QED) is 0.625. The van der Waals surface area contributed by atoms with Crippen molar-refractivity contribution in [3.05, 3.63) is 54.1 Å². The second-order valence-corrected chi connectivity index (χ2v) is 6.85. The first-order chi connectivity index (χ1) is 9.79. The maximum absolute atomic E-state index is 12.1. The van der Waals surface area contributed by atoms with Gasteiger partial charge in [-0.2, -0.15) is 0 Å². The number of rotatable bonds is 5. The molecule has 0 bridgehead atoms. The summed E-state index contributed by atoms with van der Waals surface area (Å²) in [6.07, 6.45) is 0. The molecule has 0 amide bonds. The molecule has 0 fully saturated rings. The highest BCUT2D eigenvalue weighted by Crippen LogP contribution is 2.26. The zero-order chi connectivity index (χ0) is 15.6. The standard InChI is InChI=1S/C10H8ClN3O5S2/c11-8-2-1-7(14(16)17)3-9(8)21(18,19)12-4-6-5-20-10(15)13-6/h1-3,5,12H,4H2,(H,13,15). The number of thiazole rings is 1. The third kappa shape index (κ3) is 3.67. The molecule has 0 aliphatic heterocycles. The summed E-state index contributed by atoms with van der Waals surface area (Å²) in [5, 5.41) is 12.0. The number of H-pyrrole nitrogens is 1. The number of nitrogens with zero attached hydrogens (tertiary/aromatic N) is 1. The summed E-state index contributed by atoms with van der Waals surface area (Å²) in [5.74, 6) is 0. The Morgan fingerprint density at radius 2 is 2.14 bits per heavy atom. The van der Waals surface area contributed by atoms with Gasteiger partial charge in [-0.25, -0.2) is 13.1 Å². The predicted octanol–water partition coefficient (Wildman–Crippen LogP) is 1.48. The molecular formula is C10H8ClN3O5S2. The van der Waals surface area contributed by atoms with Gasteiger partial charge in [0.2, 0.25) is 10.0 Å². The summed E-state index contributed by atoms with van der Waals surface area (Å²) in [4.78, 5) is 22.7. The third-order valence-corrected chi connectivity index (χ3v) is 5.04. The van der Waals surface area contributed by atoms with Gasteiger partial charge in [-0.1, -0.05) is 22.9 Å². The van der Waals surface area contributed by atoms with E-state index in [2.05, 4.69) is 9.71 Å². The lowest BCUT2D eigenvalue weighted by atomic mass is 10.3. The van der Waals surface area contributed by atoms with Crippen molar-refractivity contribution in [2.24, 2.45) is 0 Å². The second kappa shape index (κ2) is 5.93. The molecule has 0 saturated heterocycles. The molecule has 0 saturated carbocycles. The van der Waals surface area contributed by atoms with Crippen LogP contribution in [0.5, 0.6) is 0 Å². The lowest BCUT2D eigenvalue weighted by Gasteiger charge is -2.07. The molecule has 0 atom stereocenters. The summed E-state index contributed by atoms with van der Waals surface area (Å²) < 4.78 is 26.4. The van der Waals surface area contributed by atoms with E-state index in [1.807, 2.05) is 0 Å². The topological polar surface area (TPSA) is 122 Å². The number of hydrogen-bond donors (Lipinski definition) is 2. The smallest absolute Gasteiger partial charge is 0.304 e. The van der Waals surface area contributed by atoms with Gasteiger partial charge in [0.1, 0.15) is 4.90 Å². The average Bonchev–Trinajstić information content (AvgIpc) is 2.82. The monoisotopic (exact) mass is 349 g/mol. The van der Waals surface area contributed by atoms with E-state index in [-0.39, 0.29) is 22.1 Å². The molecule has 1 aromatic carbocycles. The van der Waals surface area contributed by atoms with Gasteiger partial charge < -0.3 is 4.98 Å². The van der Waals surface area contributed by atoms with Crippen molar-refractivity contribution in [1.82, 2.24) is 9.71 Å². The zero-order valence-corrected chi connectivity index (χ0v) is 12.6. The molecule has 0 radical (unpaired) electrons. The minimum atomic E-state index is -4.04. The first-order valence-electron chi connectivity index (χ1n) is 5.40. The summed E-state index contributed by atoms with van der Waals surface area (Å²) in [7, 11) is -4.04. The number of nitro benzene ring substituents is 1. The fourth-order valence-corrected chi connectivity index (χ4v) is 3.57. The van der Waals surface area contributed by atoms with Crippen LogP contribution < -0.4 is 9.60 Å². The van der Waals surface area contributed by atoms with Crippen LogP contribution in [0.1, 0.15) is 5.69 Å². The Labute approximate surface area is 127 Å². The van der Waals surface area contributed by atoms with E-state index in [1.54, 1.807) is 0 Å². The van der Waals surface area contributed by atoms with Gasteiger partial charge in [0.15, 0.2) is 0 Å². The number of non-ortho nitro benzene ring substituents is 1. The Hall–Kier alpha value is -1.75. The number of sulfonamides is 1. The fourth-order valence-electron chi connectivity index (χ4n) is 1.46. The molecule has 2 aromatic rings. The Balaban J connectivity index is 2.28. The third-order valence-electron chi connectivity index (χ3n) is 2.44. The molecular weight excluding hydrogens is 342 g/mol. The second-order valence-electron chi connectivity index (χ2n) is 3.87. The Morgan fingerprint density at radius 3 is 2.71 bits per heavy atom. The van der Waals surface area contributed by atoms with Crippen LogP contribution in [0.4, 0.5) is 5.69 Å². The summed E-state index contributed by atoms with van der Waals surface area (Å²) in [6.45, 7) is -0.153. The molecule has 0 aliphatic carbocycles. The molecule has 0 unspecified atom stereocenters. The van der Waals surface area contributed by atoms with Gasteiger partial charge in [-0.15, -0.1) is 0 Å². The van der Waals surface area contributed by atoms with Crippen LogP contribution in [0.15, 0.2) is 33.3 Å². The number of aromatic nitrogens is 1.